The van der Waals surface area contributed by atoms with E-state index in [4.69, 9.17) is 9.47 Å². The molecule has 2 saturated heterocycles. The molecule has 0 N–H and O–H groups in total. The number of benzene rings is 1. The lowest BCUT2D eigenvalue weighted by atomic mass is 9.97. The molecule has 4 rings (SSSR count). The topological polar surface area (TPSA) is 94.0 Å². The second-order valence-corrected chi connectivity index (χ2v) is 10.6. The summed E-state index contributed by atoms with van der Waals surface area (Å²) in [4.78, 5) is 19.7. The zero-order chi connectivity index (χ0) is 23.6. The van der Waals surface area contributed by atoms with Crippen LogP contribution in [0.15, 0.2) is 23.1 Å². The Morgan fingerprint density at radius 2 is 1.94 bits per heavy atom. The maximum atomic E-state index is 12.9. The van der Waals surface area contributed by atoms with Crippen molar-refractivity contribution in [2.75, 3.05) is 39.4 Å². The third-order valence-electron chi connectivity index (χ3n) is 6.69. The van der Waals surface area contributed by atoms with Crippen LogP contribution in [0.2, 0.25) is 0 Å². The fourth-order valence-electron chi connectivity index (χ4n) is 4.81. The van der Waals surface area contributed by atoms with E-state index in [0.717, 1.165) is 30.7 Å². The molecule has 0 bridgehead atoms. The van der Waals surface area contributed by atoms with E-state index in [2.05, 4.69) is 4.98 Å². The minimum Gasteiger partial charge on any atom is -0.350 e. The van der Waals surface area contributed by atoms with Gasteiger partial charge < -0.3 is 18.9 Å². The minimum absolute atomic E-state index is 0.106. The normalized spacial score (nSPS) is 20.2. The number of aromatic nitrogens is 2. The Morgan fingerprint density at radius 1 is 1.21 bits per heavy atom. The Labute approximate surface area is 195 Å². The molecule has 1 amide bonds. The fraction of sp³-hybridized carbons (Fsp3) is 0.652. The van der Waals surface area contributed by atoms with Crippen LogP contribution in [-0.4, -0.2) is 78.8 Å². The molecular formula is C23H34N4O5S. The Hall–Kier alpha value is -2.01. The van der Waals surface area contributed by atoms with Crippen molar-refractivity contribution in [2.45, 2.75) is 50.7 Å². The first kappa shape index (κ1) is 24.1. The van der Waals surface area contributed by atoms with Crippen LogP contribution in [0.25, 0.3) is 11.0 Å². The monoisotopic (exact) mass is 478 g/mol. The number of hydrogen-bond donors (Lipinski definition) is 0. The van der Waals surface area contributed by atoms with Gasteiger partial charge in [-0.15, -0.1) is 0 Å². The van der Waals surface area contributed by atoms with E-state index in [1.807, 2.05) is 30.4 Å². The van der Waals surface area contributed by atoms with E-state index in [1.165, 1.54) is 4.31 Å². The van der Waals surface area contributed by atoms with Gasteiger partial charge in [0.05, 0.1) is 29.1 Å². The predicted molar refractivity (Wildman–Crippen MR) is 124 cm³/mol. The maximum absolute atomic E-state index is 12.9. The molecule has 0 aliphatic carbocycles. The van der Waals surface area contributed by atoms with Crippen molar-refractivity contribution < 1.29 is 22.7 Å². The van der Waals surface area contributed by atoms with Gasteiger partial charge >= 0.3 is 0 Å². The molecule has 1 unspecified atom stereocenters. The number of ether oxygens (including phenoxy) is 2. The number of sulfonamides is 1. The predicted octanol–water partition coefficient (Wildman–Crippen LogP) is 2.15. The number of carbonyl (C=O) groups excluding carboxylic acids is 1. The first-order chi connectivity index (χ1) is 15.8. The molecule has 2 fully saturated rings. The van der Waals surface area contributed by atoms with E-state index in [0.29, 0.717) is 51.2 Å². The van der Waals surface area contributed by atoms with Crippen molar-refractivity contribution in [3.05, 3.63) is 24.0 Å². The van der Waals surface area contributed by atoms with Gasteiger partial charge in [0.25, 0.3) is 0 Å². The van der Waals surface area contributed by atoms with Crippen molar-refractivity contribution in [2.24, 2.45) is 13.0 Å². The zero-order valence-corrected chi connectivity index (χ0v) is 20.5. The third-order valence-corrected chi connectivity index (χ3v) is 8.74. The molecule has 10 heteroatoms. The number of likely N-dealkylation sites (tertiary alicyclic amines) is 1. The zero-order valence-electron chi connectivity index (χ0n) is 19.7. The SMILES string of the molecule is CCN(CC)S(=O)(=O)c1ccc2c(c1)nc(CCC(=O)N1CCCC(C3OCCO3)C1)n2C. The summed E-state index contributed by atoms with van der Waals surface area (Å²) in [6, 6.07) is 5.06. The molecule has 0 saturated carbocycles. The van der Waals surface area contributed by atoms with Gasteiger partial charge in [-0.3, -0.25) is 4.79 Å². The van der Waals surface area contributed by atoms with Gasteiger partial charge in [0.2, 0.25) is 15.9 Å². The van der Waals surface area contributed by atoms with E-state index < -0.39 is 10.0 Å². The summed E-state index contributed by atoms with van der Waals surface area (Å²) < 4.78 is 40.4. The lowest BCUT2D eigenvalue weighted by molar-refractivity contribution is -0.139. The second-order valence-electron chi connectivity index (χ2n) is 8.68. The molecule has 0 radical (unpaired) electrons. The quantitative estimate of drug-likeness (QED) is 0.577. The summed E-state index contributed by atoms with van der Waals surface area (Å²) in [7, 11) is -1.64. The highest BCUT2D eigenvalue weighted by molar-refractivity contribution is 7.89. The number of rotatable bonds is 8. The molecular weight excluding hydrogens is 444 g/mol. The molecule has 33 heavy (non-hydrogen) atoms. The highest BCUT2D eigenvalue weighted by Gasteiger charge is 2.32. The number of nitrogens with zero attached hydrogens (tertiary/aromatic N) is 4. The van der Waals surface area contributed by atoms with Gasteiger partial charge in [-0.2, -0.15) is 4.31 Å². The van der Waals surface area contributed by atoms with Gasteiger partial charge in [-0.25, -0.2) is 13.4 Å². The van der Waals surface area contributed by atoms with Crippen molar-refractivity contribution in [1.29, 1.82) is 0 Å². The van der Waals surface area contributed by atoms with Crippen LogP contribution in [0.4, 0.5) is 0 Å². The van der Waals surface area contributed by atoms with Gasteiger partial charge in [0.15, 0.2) is 6.29 Å². The molecule has 2 aromatic rings. The second kappa shape index (κ2) is 10.1. The van der Waals surface area contributed by atoms with Crippen LogP contribution in [0.5, 0.6) is 0 Å². The lowest BCUT2D eigenvalue weighted by Crippen LogP contribution is -2.43. The van der Waals surface area contributed by atoms with Crippen LogP contribution in [0.1, 0.15) is 38.9 Å². The van der Waals surface area contributed by atoms with Crippen molar-refractivity contribution >= 4 is 27.0 Å². The average molecular weight is 479 g/mol. The number of hydrogen-bond acceptors (Lipinski definition) is 6. The van der Waals surface area contributed by atoms with Crippen LogP contribution in [0, 0.1) is 5.92 Å². The molecule has 1 aromatic carbocycles. The molecule has 2 aliphatic heterocycles. The summed E-state index contributed by atoms with van der Waals surface area (Å²) in [5.74, 6) is 1.11. The van der Waals surface area contributed by atoms with Crippen LogP contribution in [-0.2, 0) is 37.8 Å². The van der Waals surface area contributed by atoms with Gasteiger partial charge in [0.1, 0.15) is 5.82 Å². The first-order valence-electron chi connectivity index (χ1n) is 11.8. The van der Waals surface area contributed by atoms with Crippen LogP contribution < -0.4 is 0 Å². The Morgan fingerprint density at radius 3 is 2.64 bits per heavy atom. The largest absolute Gasteiger partial charge is 0.350 e. The molecule has 0 spiro atoms. The number of amides is 1. The van der Waals surface area contributed by atoms with Gasteiger partial charge in [0, 0.05) is 52.0 Å². The molecule has 3 heterocycles. The number of imidazole rings is 1. The average Bonchev–Trinajstić information content (AvgIpc) is 3.46. The highest BCUT2D eigenvalue weighted by Crippen LogP contribution is 2.26. The van der Waals surface area contributed by atoms with Gasteiger partial charge in [-0.1, -0.05) is 13.8 Å². The van der Waals surface area contributed by atoms with E-state index in [1.54, 1.807) is 18.2 Å². The summed E-state index contributed by atoms with van der Waals surface area (Å²) in [6.45, 7) is 7.17. The van der Waals surface area contributed by atoms with Crippen molar-refractivity contribution in [3.8, 4) is 0 Å². The standard InChI is InChI=1S/C23H34N4O5S/c1-4-27(5-2)33(29,30)18-8-9-20-19(15-18)24-21(25(20)3)10-11-22(28)26-12-6-7-17(16-26)23-31-13-14-32-23/h8-9,15,17,23H,4-7,10-14,16H2,1-3H3. The van der Waals surface area contributed by atoms with E-state index >= 15 is 0 Å². The number of aryl methyl sites for hydroxylation is 2. The first-order valence-corrected chi connectivity index (χ1v) is 13.3. The number of carbonyl (C=O) groups is 1. The Balaban J connectivity index is 1.44. The van der Waals surface area contributed by atoms with Crippen molar-refractivity contribution in [3.63, 3.8) is 0 Å². The lowest BCUT2D eigenvalue weighted by Gasteiger charge is -2.34. The summed E-state index contributed by atoms with van der Waals surface area (Å²) >= 11 is 0. The van der Waals surface area contributed by atoms with E-state index in [-0.39, 0.29) is 23.0 Å². The van der Waals surface area contributed by atoms with Crippen LogP contribution in [0.3, 0.4) is 0 Å². The fourth-order valence-corrected chi connectivity index (χ4v) is 6.29. The summed E-state index contributed by atoms with van der Waals surface area (Å²) in [6.07, 6.45) is 2.64. The minimum atomic E-state index is -3.55. The molecule has 182 valence electrons. The molecule has 2 aliphatic rings. The smallest absolute Gasteiger partial charge is 0.243 e. The third kappa shape index (κ3) is 4.94. The Bertz CT molecular complexity index is 1090. The summed E-state index contributed by atoms with van der Waals surface area (Å²) in [5.41, 5.74) is 1.48. The Kier molecular flexibility index (Phi) is 7.37. The maximum Gasteiger partial charge on any atom is 0.243 e. The molecule has 1 atom stereocenters. The molecule has 1 aromatic heterocycles. The molecule has 9 nitrogen and oxygen atoms in total. The highest BCUT2D eigenvalue weighted by atomic mass is 32.2. The van der Waals surface area contributed by atoms with E-state index in [9.17, 15) is 13.2 Å². The number of piperidine rings is 1. The van der Waals surface area contributed by atoms with Crippen molar-refractivity contribution in [1.82, 2.24) is 18.8 Å². The van der Waals surface area contributed by atoms with Gasteiger partial charge in [-0.05, 0) is 31.0 Å². The van der Waals surface area contributed by atoms with Crippen LogP contribution >= 0.6 is 0 Å². The summed E-state index contributed by atoms with van der Waals surface area (Å²) in [5, 5.41) is 0. The number of fused-ring (bicyclic) bond motifs is 1.